The summed E-state index contributed by atoms with van der Waals surface area (Å²) in [4.78, 5) is 9.30. The van der Waals surface area contributed by atoms with Crippen LogP contribution in [-0.4, -0.2) is 13.3 Å². The quantitative estimate of drug-likeness (QED) is 0.662. The van der Waals surface area contributed by atoms with Crippen LogP contribution in [0.25, 0.3) is 0 Å². The molecule has 0 aliphatic carbocycles. The molecule has 0 fully saturated rings. The van der Waals surface area contributed by atoms with Gasteiger partial charge in [-0.1, -0.05) is 0 Å². The maximum absolute atomic E-state index is 12.3. The number of nitro groups is 1. The second-order valence-corrected chi connectivity index (χ2v) is 4.17. The number of hydrogen-bond donors (Lipinski definition) is 1. The Morgan fingerprint density at radius 2 is 1.89 bits per heavy atom. The largest absolute Gasteiger partial charge is 0.416 e. The van der Waals surface area contributed by atoms with Gasteiger partial charge in [-0.25, -0.2) is 0 Å². The topological polar surface area (TPSA) is 113 Å². The second-order valence-electron chi connectivity index (χ2n) is 3.01. The van der Waals surface area contributed by atoms with Gasteiger partial charge in [0, 0.05) is 6.07 Å². The number of alkyl halides is 3. The molecule has 7 nitrogen and oxygen atoms in total. The molecule has 0 heterocycles. The smallest absolute Gasteiger partial charge is 0.364 e. The summed E-state index contributed by atoms with van der Waals surface area (Å²) < 4.78 is 62.0. The minimum Gasteiger partial charge on any atom is -0.364 e. The first-order chi connectivity index (χ1) is 8.00. The average Bonchev–Trinajstić information content (AvgIpc) is 2.13. The molecular weight excluding hydrogens is 281 g/mol. The molecule has 0 aliphatic rings. The minimum atomic E-state index is -4.80. The summed E-state index contributed by atoms with van der Waals surface area (Å²) in [6.45, 7) is 0. The Balaban J connectivity index is 3.34. The van der Waals surface area contributed by atoms with Crippen molar-refractivity contribution in [2.45, 2.75) is 6.18 Å². The van der Waals surface area contributed by atoms with Gasteiger partial charge in [-0.05, 0) is 12.1 Å². The standard InChI is InChI=1S/C7H5F3N2O5S/c8-7(9,10)4-1-2-6(17-18(11,15)16)5(3-4)12(13)14/h1-3H,(H2,11,15,16). The molecular formula is C7H5F3N2O5S. The van der Waals surface area contributed by atoms with Gasteiger partial charge >= 0.3 is 22.2 Å². The Labute approximate surface area is 98.4 Å². The van der Waals surface area contributed by atoms with Crippen molar-refractivity contribution in [2.75, 3.05) is 0 Å². The van der Waals surface area contributed by atoms with Crippen LogP contribution in [0.3, 0.4) is 0 Å². The van der Waals surface area contributed by atoms with Gasteiger partial charge in [0.15, 0.2) is 0 Å². The average molecular weight is 286 g/mol. The van der Waals surface area contributed by atoms with Gasteiger partial charge < -0.3 is 4.18 Å². The lowest BCUT2D eigenvalue weighted by atomic mass is 10.2. The van der Waals surface area contributed by atoms with Crippen molar-refractivity contribution in [3.63, 3.8) is 0 Å². The lowest BCUT2D eigenvalue weighted by Gasteiger charge is -2.08. The molecule has 18 heavy (non-hydrogen) atoms. The van der Waals surface area contributed by atoms with Crippen molar-refractivity contribution in [1.82, 2.24) is 0 Å². The summed E-state index contributed by atoms with van der Waals surface area (Å²) in [6, 6.07) is 1.10. The van der Waals surface area contributed by atoms with E-state index in [1.54, 1.807) is 0 Å². The predicted molar refractivity (Wildman–Crippen MR) is 51.8 cm³/mol. The first-order valence-electron chi connectivity index (χ1n) is 4.08. The van der Waals surface area contributed by atoms with E-state index < -0.39 is 38.4 Å². The molecule has 0 aliphatic heterocycles. The van der Waals surface area contributed by atoms with Crippen LogP contribution in [0.5, 0.6) is 5.75 Å². The van der Waals surface area contributed by atoms with Crippen LogP contribution >= 0.6 is 0 Å². The Bertz CT molecular complexity index is 583. The van der Waals surface area contributed by atoms with Crippen molar-refractivity contribution >= 4 is 16.0 Å². The number of hydrogen-bond acceptors (Lipinski definition) is 5. The molecule has 0 aromatic heterocycles. The van der Waals surface area contributed by atoms with Crippen molar-refractivity contribution in [2.24, 2.45) is 5.14 Å². The third-order valence-corrected chi connectivity index (χ3v) is 2.10. The summed E-state index contributed by atoms with van der Waals surface area (Å²) in [6.07, 6.45) is -4.80. The maximum Gasteiger partial charge on any atom is 0.416 e. The van der Waals surface area contributed by atoms with Gasteiger partial charge in [-0.3, -0.25) is 10.1 Å². The van der Waals surface area contributed by atoms with Gasteiger partial charge in [-0.2, -0.15) is 26.7 Å². The van der Waals surface area contributed by atoms with E-state index in [0.717, 1.165) is 0 Å². The molecule has 11 heteroatoms. The molecule has 0 saturated carbocycles. The fraction of sp³-hybridized carbons (Fsp3) is 0.143. The number of nitrogens with zero attached hydrogens (tertiary/aromatic N) is 1. The monoisotopic (exact) mass is 286 g/mol. The molecule has 1 aromatic carbocycles. The van der Waals surface area contributed by atoms with Crippen molar-refractivity contribution in [3.05, 3.63) is 33.9 Å². The van der Waals surface area contributed by atoms with Crippen molar-refractivity contribution in [1.29, 1.82) is 0 Å². The molecule has 0 spiro atoms. The summed E-state index contributed by atoms with van der Waals surface area (Å²) >= 11 is 0. The fourth-order valence-electron chi connectivity index (χ4n) is 1.03. The molecule has 0 bridgehead atoms. The zero-order valence-electron chi connectivity index (χ0n) is 8.34. The third kappa shape index (κ3) is 3.56. The molecule has 0 radical (unpaired) electrons. The Kier molecular flexibility index (Phi) is 3.48. The van der Waals surface area contributed by atoms with Gasteiger partial charge in [0.2, 0.25) is 5.75 Å². The minimum absolute atomic E-state index is 0.153. The molecule has 2 N–H and O–H groups in total. The molecule has 100 valence electrons. The van der Waals surface area contributed by atoms with E-state index in [-0.39, 0.29) is 6.07 Å². The molecule has 0 unspecified atom stereocenters. The van der Waals surface area contributed by atoms with E-state index in [9.17, 15) is 31.7 Å². The van der Waals surface area contributed by atoms with Crippen molar-refractivity contribution < 1.29 is 30.7 Å². The number of nitrogens with two attached hydrogens (primary N) is 1. The fourth-order valence-corrected chi connectivity index (χ4v) is 1.42. The van der Waals surface area contributed by atoms with Crippen LogP contribution in [0.15, 0.2) is 18.2 Å². The summed E-state index contributed by atoms with van der Waals surface area (Å²) in [5.41, 5.74) is -2.46. The summed E-state index contributed by atoms with van der Waals surface area (Å²) in [5, 5.41) is 15.0. The van der Waals surface area contributed by atoms with Crippen LogP contribution in [0.2, 0.25) is 0 Å². The molecule has 1 rings (SSSR count). The number of benzene rings is 1. The molecule has 0 atom stereocenters. The summed E-state index contributed by atoms with van der Waals surface area (Å²) in [5.74, 6) is -0.893. The number of rotatable bonds is 3. The highest BCUT2D eigenvalue weighted by Gasteiger charge is 2.33. The molecule has 0 amide bonds. The van der Waals surface area contributed by atoms with E-state index in [2.05, 4.69) is 9.32 Å². The predicted octanol–water partition coefficient (Wildman–Crippen LogP) is 1.20. The Hall–Kier alpha value is -1.88. The van der Waals surface area contributed by atoms with E-state index >= 15 is 0 Å². The Morgan fingerprint density at radius 1 is 1.33 bits per heavy atom. The highest BCUT2D eigenvalue weighted by molar-refractivity contribution is 7.84. The van der Waals surface area contributed by atoms with E-state index in [4.69, 9.17) is 0 Å². The molecule has 1 aromatic rings. The Morgan fingerprint density at radius 3 is 2.28 bits per heavy atom. The lowest BCUT2D eigenvalue weighted by molar-refractivity contribution is -0.385. The van der Waals surface area contributed by atoms with Crippen molar-refractivity contribution in [3.8, 4) is 5.75 Å². The van der Waals surface area contributed by atoms with Crippen LogP contribution < -0.4 is 9.32 Å². The number of halogens is 3. The highest BCUT2D eigenvalue weighted by atomic mass is 32.2. The first-order valence-corrected chi connectivity index (χ1v) is 5.55. The van der Waals surface area contributed by atoms with Gasteiger partial charge in [0.1, 0.15) is 0 Å². The zero-order valence-corrected chi connectivity index (χ0v) is 9.16. The van der Waals surface area contributed by atoms with Gasteiger partial charge in [0.05, 0.1) is 10.5 Å². The highest BCUT2D eigenvalue weighted by Crippen LogP contribution is 2.36. The first kappa shape index (κ1) is 14.2. The van der Waals surface area contributed by atoms with E-state index in [1.165, 1.54) is 0 Å². The third-order valence-electron chi connectivity index (χ3n) is 1.69. The van der Waals surface area contributed by atoms with Crippen LogP contribution in [0, 0.1) is 10.1 Å². The SMILES string of the molecule is NS(=O)(=O)Oc1ccc(C(F)(F)F)cc1[N+](=O)[O-]. The van der Waals surface area contributed by atoms with Crippen LogP contribution in [-0.2, 0) is 16.5 Å². The maximum atomic E-state index is 12.3. The van der Waals surface area contributed by atoms with Crippen LogP contribution in [0.4, 0.5) is 18.9 Å². The lowest BCUT2D eigenvalue weighted by Crippen LogP contribution is -2.19. The molecule has 0 saturated heterocycles. The number of nitro benzene ring substituents is 1. The summed E-state index contributed by atoms with van der Waals surface area (Å²) in [7, 11) is -4.57. The normalized spacial score (nSPS) is 12.2. The second kappa shape index (κ2) is 4.42. The van der Waals surface area contributed by atoms with Crippen LogP contribution in [0.1, 0.15) is 5.56 Å². The van der Waals surface area contributed by atoms with Gasteiger partial charge in [-0.15, -0.1) is 0 Å². The van der Waals surface area contributed by atoms with E-state index in [1.807, 2.05) is 0 Å². The zero-order chi connectivity index (χ0) is 14.1. The van der Waals surface area contributed by atoms with E-state index in [0.29, 0.717) is 12.1 Å². The van der Waals surface area contributed by atoms with Gasteiger partial charge in [0.25, 0.3) is 0 Å².